The second kappa shape index (κ2) is 9.30. The predicted octanol–water partition coefficient (Wildman–Crippen LogP) is 4.72. The Kier molecular flexibility index (Phi) is 6.14. The standard InChI is InChI=1S/C27H27F3N6O2S/c1-39(37,38)24-23(18-11-19-8-9-20(12-18)35(19)15-27(28,29)30)34-26-21(14-33-36(26)25(24)31)17-7-10-22(32-13-17)16-5-3-2-4-6-16/h2-7,10,13-14,18-20H,8-9,11-12,15,31H2,1H3/t18?,19-,20+. The summed E-state index contributed by atoms with van der Waals surface area (Å²) in [5.74, 6) is -0.395. The lowest BCUT2D eigenvalue weighted by atomic mass is 9.87. The van der Waals surface area contributed by atoms with E-state index in [4.69, 9.17) is 10.7 Å². The van der Waals surface area contributed by atoms with E-state index in [1.54, 1.807) is 12.4 Å². The van der Waals surface area contributed by atoms with E-state index in [9.17, 15) is 21.6 Å². The van der Waals surface area contributed by atoms with E-state index in [0.717, 1.165) is 23.1 Å². The topological polar surface area (TPSA) is 106 Å². The number of benzene rings is 1. The second-order valence-electron chi connectivity index (χ2n) is 10.4. The summed E-state index contributed by atoms with van der Waals surface area (Å²) < 4.78 is 66.8. The molecule has 0 amide bonds. The van der Waals surface area contributed by atoms with E-state index in [1.165, 1.54) is 9.42 Å². The summed E-state index contributed by atoms with van der Waals surface area (Å²) >= 11 is 0. The van der Waals surface area contributed by atoms with Crippen molar-refractivity contribution in [3.63, 3.8) is 0 Å². The third-order valence-corrected chi connectivity index (χ3v) is 8.97. The summed E-state index contributed by atoms with van der Waals surface area (Å²) in [7, 11) is -3.81. The number of piperidine rings is 1. The van der Waals surface area contributed by atoms with Gasteiger partial charge in [0, 0.05) is 47.1 Å². The van der Waals surface area contributed by atoms with Gasteiger partial charge in [0.05, 0.1) is 24.1 Å². The summed E-state index contributed by atoms with van der Waals surface area (Å²) in [5, 5.41) is 4.33. The summed E-state index contributed by atoms with van der Waals surface area (Å²) in [6.07, 6.45) is 2.11. The third kappa shape index (κ3) is 4.76. The van der Waals surface area contributed by atoms with Crippen molar-refractivity contribution in [1.29, 1.82) is 0 Å². The monoisotopic (exact) mass is 556 g/mol. The van der Waals surface area contributed by atoms with Crippen molar-refractivity contribution >= 4 is 21.3 Å². The van der Waals surface area contributed by atoms with Crippen molar-refractivity contribution in [3.8, 4) is 22.4 Å². The minimum Gasteiger partial charge on any atom is -0.382 e. The van der Waals surface area contributed by atoms with Gasteiger partial charge in [-0.25, -0.2) is 13.4 Å². The Morgan fingerprint density at radius 1 is 1.00 bits per heavy atom. The van der Waals surface area contributed by atoms with Crippen LogP contribution in [0.3, 0.4) is 0 Å². The lowest BCUT2D eigenvalue weighted by Gasteiger charge is -2.39. The molecule has 39 heavy (non-hydrogen) atoms. The van der Waals surface area contributed by atoms with Gasteiger partial charge in [0.1, 0.15) is 10.7 Å². The van der Waals surface area contributed by atoms with Crippen molar-refractivity contribution in [1.82, 2.24) is 24.5 Å². The number of hydrogen-bond donors (Lipinski definition) is 1. The zero-order valence-corrected chi connectivity index (χ0v) is 22.0. The zero-order valence-electron chi connectivity index (χ0n) is 21.1. The van der Waals surface area contributed by atoms with Crippen molar-refractivity contribution in [2.45, 2.75) is 54.8 Å². The fourth-order valence-electron chi connectivity index (χ4n) is 6.17. The smallest absolute Gasteiger partial charge is 0.382 e. The van der Waals surface area contributed by atoms with Gasteiger partial charge < -0.3 is 5.73 Å². The Morgan fingerprint density at radius 3 is 2.28 bits per heavy atom. The maximum Gasteiger partial charge on any atom is 0.401 e. The van der Waals surface area contributed by atoms with Crippen molar-refractivity contribution in [3.05, 3.63) is 60.6 Å². The van der Waals surface area contributed by atoms with Gasteiger partial charge in [-0.2, -0.15) is 22.8 Å². The number of halogens is 3. The molecular formula is C27H27F3N6O2S. The molecule has 0 radical (unpaired) electrons. The number of sulfone groups is 1. The van der Waals surface area contributed by atoms with E-state index < -0.39 is 22.6 Å². The van der Waals surface area contributed by atoms with E-state index in [2.05, 4.69) is 10.1 Å². The molecule has 0 aliphatic carbocycles. The molecule has 2 N–H and O–H groups in total. The molecule has 4 aromatic rings. The van der Waals surface area contributed by atoms with Crippen LogP contribution in [0.2, 0.25) is 0 Å². The average Bonchev–Trinajstić information content (AvgIpc) is 3.39. The largest absolute Gasteiger partial charge is 0.401 e. The highest BCUT2D eigenvalue weighted by molar-refractivity contribution is 7.91. The van der Waals surface area contributed by atoms with Crippen LogP contribution in [-0.4, -0.2) is 64.0 Å². The van der Waals surface area contributed by atoms with Crippen LogP contribution in [0, 0.1) is 0 Å². The minimum atomic E-state index is -4.29. The highest BCUT2D eigenvalue weighted by Crippen LogP contribution is 2.46. The maximum absolute atomic E-state index is 13.2. The normalized spacial score (nSPS) is 22.0. The number of nitrogens with zero attached hydrogens (tertiary/aromatic N) is 5. The molecule has 2 aliphatic heterocycles. The van der Waals surface area contributed by atoms with E-state index in [0.29, 0.717) is 42.6 Å². The van der Waals surface area contributed by atoms with Crippen LogP contribution in [0.5, 0.6) is 0 Å². The Hall–Kier alpha value is -3.51. The lowest BCUT2D eigenvalue weighted by molar-refractivity contribution is -0.155. The average molecular weight is 557 g/mol. The van der Waals surface area contributed by atoms with Crippen molar-refractivity contribution < 1.29 is 21.6 Å². The molecule has 5 heterocycles. The number of pyridine rings is 1. The second-order valence-corrected chi connectivity index (χ2v) is 12.4. The van der Waals surface area contributed by atoms with E-state index >= 15 is 0 Å². The molecule has 2 saturated heterocycles. The number of fused-ring (bicyclic) bond motifs is 3. The molecule has 3 aromatic heterocycles. The van der Waals surface area contributed by atoms with Crippen LogP contribution in [0.15, 0.2) is 59.8 Å². The molecule has 8 nitrogen and oxygen atoms in total. The van der Waals surface area contributed by atoms with Crippen LogP contribution < -0.4 is 5.73 Å². The molecule has 2 bridgehead atoms. The number of alkyl halides is 3. The van der Waals surface area contributed by atoms with Crippen LogP contribution >= 0.6 is 0 Å². The molecule has 1 unspecified atom stereocenters. The first-order valence-corrected chi connectivity index (χ1v) is 14.6. The molecule has 204 valence electrons. The molecule has 2 aliphatic rings. The molecule has 1 aromatic carbocycles. The number of aromatic nitrogens is 4. The molecule has 2 fully saturated rings. The Bertz CT molecular complexity index is 1620. The molecule has 12 heteroatoms. The highest BCUT2D eigenvalue weighted by atomic mass is 32.2. The first kappa shape index (κ1) is 25.8. The Balaban J connectivity index is 1.41. The third-order valence-electron chi connectivity index (χ3n) is 7.81. The van der Waals surface area contributed by atoms with E-state index in [1.807, 2.05) is 42.5 Å². The minimum absolute atomic E-state index is 0.0531. The summed E-state index contributed by atoms with van der Waals surface area (Å²) in [6, 6.07) is 12.9. The highest BCUT2D eigenvalue weighted by Gasteiger charge is 2.47. The summed E-state index contributed by atoms with van der Waals surface area (Å²) in [6.45, 7) is -0.957. The van der Waals surface area contributed by atoms with Gasteiger partial charge in [-0.05, 0) is 31.7 Å². The molecular weight excluding hydrogens is 529 g/mol. The Morgan fingerprint density at radius 2 is 1.69 bits per heavy atom. The van der Waals surface area contributed by atoms with Gasteiger partial charge in [-0.15, -0.1) is 0 Å². The zero-order chi connectivity index (χ0) is 27.5. The molecule has 0 spiro atoms. The number of nitrogen functional groups attached to an aromatic ring is 1. The fraction of sp³-hybridized carbons (Fsp3) is 0.370. The van der Waals surface area contributed by atoms with Crippen LogP contribution in [0.1, 0.15) is 37.3 Å². The van der Waals surface area contributed by atoms with Crippen molar-refractivity contribution in [2.24, 2.45) is 0 Å². The number of hydrogen-bond acceptors (Lipinski definition) is 7. The molecule has 3 atom stereocenters. The van der Waals surface area contributed by atoms with Crippen LogP contribution in [0.4, 0.5) is 19.0 Å². The lowest BCUT2D eigenvalue weighted by Crippen LogP contribution is -2.47. The van der Waals surface area contributed by atoms with Crippen LogP contribution in [-0.2, 0) is 9.84 Å². The van der Waals surface area contributed by atoms with Gasteiger partial charge in [-0.1, -0.05) is 36.4 Å². The quantitative estimate of drug-likeness (QED) is 0.379. The predicted molar refractivity (Wildman–Crippen MR) is 141 cm³/mol. The fourth-order valence-corrected chi connectivity index (χ4v) is 7.23. The van der Waals surface area contributed by atoms with Gasteiger partial charge in [-0.3, -0.25) is 9.88 Å². The first-order chi connectivity index (χ1) is 18.5. The van der Waals surface area contributed by atoms with E-state index in [-0.39, 0.29) is 28.7 Å². The SMILES string of the molecule is CS(=O)(=O)c1c(C2C[C@H]3CC[C@@H](C2)N3CC(F)(F)F)nc2c(-c3ccc(-c4ccccc4)nc3)cnn2c1N. The van der Waals surface area contributed by atoms with Crippen molar-refractivity contribution in [2.75, 3.05) is 18.5 Å². The first-order valence-electron chi connectivity index (χ1n) is 12.7. The summed E-state index contributed by atoms with van der Waals surface area (Å²) in [5.41, 5.74) is 10.2. The molecule has 0 saturated carbocycles. The Labute approximate surface area is 223 Å². The number of rotatable bonds is 5. The molecule has 6 rings (SSSR count). The maximum atomic E-state index is 13.2. The summed E-state index contributed by atoms with van der Waals surface area (Å²) in [4.78, 5) is 10.8. The van der Waals surface area contributed by atoms with Crippen LogP contribution in [0.25, 0.3) is 28.0 Å². The number of anilines is 1. The van der Waals surface area contributed by atoms with Gasteiger partial charge in [0.25, 0.3) is 0 Å². The number of nitrogens with two attached hydrogens (primary N) is 1. The van der Waals surface area contributed by atoms with Gasteiger partial charge in [0.2, 0.25) is 0 Å². The van der Waals surface area contributed by atoms with Gasteiger partial charge in [0.15, 0.2) is 15.5 Å². The van der Waals surface area contributed by atoms with Gasteiger partial charge >= 0.3 is 6.18 Å².